The van der Waals surface area contributed by atoms with Gasteiger partial charge in [0.05, 0.1) is 4.92 Å². The first-order valence-electron chi connectivity index (χ1n) is 6.05. The molecule has 0 aliphatic rings. The van der Waals surface area contributed by atoms with E-state index in [2.05, 4.69) is 15.8 Å². The second-order valence-corrected chi connectivity index (χ2v) is 4.99. The van der Waals surface area contributed by atoms with E-state index < -0.39 is 16.7 Å². The average Bonchev–Trinajstić information content (AvgIpc) is 2.51. The van der Waals surface area contributed by atoms with Crippen LogP contribution in [0.25, 0.3) is 0 Å². The topological polar surface area (TPSA) is 114 Å². The minimum atomic E-state index is -0.715. The molecule has 2 amide bonds. The monoisotopic (exact) mass is 354 g/mol. The van der Waals surface area contributed by atoms with Gasteiger partial charge in [0.2, 0.25) is 0 Å². The minimum absolute atomic E-state index is 0.0188. The predicted octanol–water partition coefficient (Wildman–Crippen LogP) is 2.37. The Labute approximate surface area is 139 Å². The number of carbonyl (C=O) groups excluding carboxylic acids is 2. The van der Waals surface area contributed by atoms with E-state index in [4.69, 9.17) is 23.2 Å². The Hall–Kier alpha value is -2.71. The lowest BCUT2D eigenvalue weighted by Crippen LogP contribution is -2.41. The number of nitrogens with one attached hydrogen (secondary N) is 2. The Morgan fingerprint density at radius 1 is 1.00 bits per heavy atom. The van der Waals surface area contributed by atoms with Crippen LogP contribution in [0.15, 0.2) is 36.4 Å². The fraction of sp³-hybridized carbons (Fsp3) is 0. The zero-order valence-electron chi connectivity index (χ0n) is 11.2. The number of hydrogen-bond acceptors (Lipinski definition) is 5. The number of benzene rings is 1. The van der Waals surface area contributed by atoms with Crippen LogP contribution in [0.5, 0.6) is 0 Å². The quantitative estimate of drug-likeness (QED) is 0.498. The molecule has 0 atom stereocenters. The number of rotatable bonds is 3. The number of halogens is 2. The van der Waals surface area contributed by atoms with Crippen LogP contribution in [-0.2, 0) is 0 Å². The van der Waals surface area contributed by atoms with Crippen molar-refractivity contribution in [3.63, 3.8) is 0 Å². The summed E-state index contributed by atoms with van der Waals surface area (Å²) < 4.78 is 0. The number of nitrogens with zero attached hydrogens (tertiary/aromatic N) is 2. The smallest absolute Gasteiger partial charge is 0.267 e. The lowest BCUT2D eigenvalue weighted by Gasteiger charge is -2.07. The number of nitro benzene ring substituents is 1. The molecular weight excluding hydrogens is 347 g/mol. The van der Waals surface area contributed by atoms with Gasteiger partial charge in [-0.1, -0.05) is 29.3 Å². The fourth-order valence-corrected chi connectivity index (χ4v) is 2.08. The van der Waals surface area contributed by atoms with Gasteiger partial charge in [-0.3, -0.25) is 30.6 Å². The van der Waals surface area contributed by atoms with Crippen molar-refractivity contribution in [3.05, 3.63) is 67.9 Å². The van der Waals surface area contributed by atoms with E-state index in [1.165, 1.54) is 30.3 Å². The standard InChI is InChI=1S/C13H8Cl2N4O4/c14-10-5-8(6-11(15)16-10)13(21)18-17-12(20)7-2-1-3-9(4-7)19(22)23/h1-6H,(H,17,20)(H,18,21). The van der Waals surface area contributed by atoms with Gasteiger partial charge in [-0.25, -0.2) is 4.98 Å². The summed E-state index contributed by atoms with van der Waals surface area (Å²) in [4.78, 5) is 37.5. The van der Waals surface area contributed by atoms with Crippen LogP contribution < -0.4 is 10.9 Å². The van der Waals surface area contributed by atoms with Crippen LogP contribution in [0.4, 0.5) is 5.69 Å². The van der Waals surface area contributed by atoms with Crippen molar-refractivity contribution < 1.29 is 14.5 Å². The summed E-state index contributed by atoms with van der Waals surface area (Å²) in [6, 6.07) is 7.59. The average molecular weight is 355 g/mol. The van der Waals surface area contributed by atoms with Crippen molar-refractivity contribution in [1.82, 2.24) is 15.8 Å². The van der Waals surface area contributed by atoms with Gasteiger partial charge >= 0.3 is 0 Å². The van der Waals surface area contributed by atoms with Crippen LogP contribution >= 0.6 is 23.2 Å². The van der Waals surface area contributed by atoms with E-state index in [0.717, 1.165) is 6.07 Å². The van der Waals surface area contributed by atoms with Crippen LogP contribution in [0.1, 0.15) is 20.7 Å². The fourth-order valence-electron chi connectivity index (χ4n) is 1.61. The summed E-state index contributed by atoms with van der Waals surface area (Å²) in [6.45, 7) is 0. The minimum Gasteiger partial charge on any atom is -0.267 e. The molecule has 1 aromatic carbocycles. The molecule has 8 nitrogen and oxygen atoms in total. The first kappa shape index (κ1) is 16.7. The van der Waals surface area contributed by atoms with E-state index in [-0.39, 0.29) is 27.1 Å². The molecule has 2 N–H and O–H groups in total. The van der Waals surface area contributed by atoms with Crippen LogP contribution in [0, 0.1) is 10.1 Å². The third-order valence-electron chi connectivity index (χ3n) is 2.63. The Morgan fingerprint density at radius 3 is 2.13 bits per heavy atom. The molecule has 23 heavy (non-hydrogen) atoms. The number of carbonyl (C=O) groups is 2. The van der Waals surface area contributed by atoms with Gasteiger partial charge < -0.3 is 0 Å². The second-order valence-electron chi connectivity index (χ2n) is 4.22. The third-order valence-corrected chi connectivity index (χ3v) is 3.02. The summed E-state index contributed by atoms with van der Waals surface area (Å²) in [5.74, 6) is -1.39. The molecule has 2 aromatic rings. The molecule has 0 aliphatic heterocycles. The summed E-state index contributed by atoms with van der Waals surface area (Å²) >= 11 is 11.3. The molecule has 0 bridgehead atoms. The summed E-state index contributed by atoms with van der Waals surface area (Å²) in [5, 5.41) is 10.7. The molecule has 1 aromatic heterocycles. The maximum atomic E-state index is 11.9. The molecular formula is C13H8Cl2N4O4. The second kappa shape index (κ2) is 7.03. The predicted molar refractivity (Wildman–Crippen MR) is 82.3 cm³/mol. The van der Waals surface area contributed by atoms with Gasteiger partial charge in [0, 0.05) is 23.3 Å². The molecule has 0 unspecified atom stereocenters. The molecule has 118 valence electrons. The molecule has 10 heteroatoms. The number of non-ortho nitro benzene ring substituents is 1. The van der Waals surface area contributed by atoms with Crippen molar-refractivity contribution in [2.45, 2.75) is 0 Å². The van der Waals surface area contributed by atoms with Gasteiger partial charge in [0.15, 0.2) is 0 Å². The number of amides is 2. The normalized spacial score (nSPS) is 10.0. The molecule has 0 saturated heterocycles. The number of nitro groups is 1. The van der Waals surface area contributed by atoms with Crippen LogP contribution in [0.2, 0.25) is 10.3 Å². The zero-order valence-corrected chi connectivity index (χ0v) is 12.8. The number of hydrazine groups is 1. The summed E-state index contributed by atoms with van der Waals surface area (Å²) in [5.41, 5.74) is 4.15. The number of pyridine rings is 1. The molecule has 0 saturated carbocycles. The zero-order chi connectivity index (χ0) is 17.0. The summed E-state index contributed by atoms with van der Waals surface area (Å²) in [6.07, 6.45) is 0. The van der Waals surface area contributed by atoms with Gasteiger partial charge in [0.1, 0.15) is 10.3 Å². The Bertz CT molecular complexity index is 777. The van der Waals surface area contributed by atoms with E-state index >= 15 is 0 Å². The highest BCUT2D eigenvalue weighted by Crippen LogP contribution is 2.15. The van der Waals surface area contributed by atoms with Gasteiger partial charge in [-0.2, -0.15) is 0 Å². The maximum absolute atomic E-state index is 11.9. The molecule has 1 heterocycles. The van der Waals surface area contributed by atoms with Crippen molar-refractivity contribution in [2.75, 3.05) is 0 Å². The highest BCUT2D eigenvalue weighted by atomic mass is 35.5. The van der Waals surface area contributed by atoms with Gasteiger partial charge in [-0.15, -0.1) is 0 Å². The van der Waals surface area contributed by atoms with Gasteiger partial charge in [-0.05, 0) is 18.2 Å². The molecule has 0 fully saturated rings. The molecule has 0 aliphatic carbocycles. The molecule has 2 rings (SSSR count). The van der Waals surface area contributed by atoms with Crippen molar-refractivity contribution in [2.24, 2.45) is 0 Å². The van der Waals surface area contributed by atoms with E-state index in [9.17, 15) is 19.7 Å². The lowest BCUT2D eigenvalue weighted by atomic mass is 10.2. The highest BCUT2D eigenvalue weighted by molar-refractivity contribution is 6.33. The van der Waals surface area contributed by atoms with Crippen molar-refractivity contribution >= 4 is 40.7 Å². The first-order valence-corrected chi connectivity index (χ1v) is 6.80. The number of aromatic nitrogens is 1. The first-order chi connectivity index (χ1) is 10.9. The van der Waals surface area contributed by atoms with Crippen LogP contribution in [0.3, 0.4) is 0 Å². The van der Waals surface area contributed by atoms with E-state index in [1.807, 2.05) is 0 Å². The SMILES string of the molecule is O=C(NNC(=O)c1cc(Cl)nc(Cl)c1)c1cccc([N+](=O)[O-])c1. The molecule has 0 spiro atoms. The van der Waals surface area contributed by atoms with Gasteiger partial charge in [0.25, 0.3) is 17.5 Å². The maximum Gasteiger partial charge on any atom is 0.270 e. The van der Waals surface area contributed by atoms with Crippen molar-refractivity contribution in [1.29, 1.82) is 0 Å². The molecule has 0 radical (unpaired) electrons. The third kappa shape index (κ3) is 4.38. The Balaban J connectivity index is 2.05. The van der Waals surface area contributed by atoms with Crippen molar-refractivity contribution in [3.8, 4) is 0 Å². The Morgan fingerprint density at radius 2 is 1.57 bits per heavy atom. The Kier molecular flexibility index (Phi) is 5.09. The van der Waals surface area contributed by atoms with Crippen LogP contribution in [-0.4, -0.2) is 21.7 Å². The largest absolute Gasteiger partial charge is 0.270 e. The van der Waals surface area contributed by atoms with E-state index in [1.54, 1.807) is 0 Å². The van der Waals surface area contributed by atoms with E-state index in [0.29, 0.717) is 0 Å². The number of hydrogen-bond donors (Lipinski definition) is 2. The lowest BCUT2D eigenvalue weighted by molar-refractivity contribution is -0.384. The summed E-state index contributed by atoms with van der Waals surface area (Å²) in [7, 11) is 0. The highest BCUT2D eigenvalue weighted by Gasteiger charge is 2.13.